The van der Waals surface area contributed by atoms with E-state index in [0.717, 1.165) is 0 Å². The van der Waals surface area contributed by atoms with Crippen LogP contribution in [-0.4, -0.2) is 44.4 Å². The van der Waals surface area contributed by atoms with Gasteiger partial charge in [-0.3, -0.25) is 0 Å². The van der Waals surface area contributed by atoms with Gasteiger partial charge in [0.1, 0.15) is 17.7 Å². The molecular weight excluding hydrogens is 386 g/mol. The highest BCUT2D eigenvalue weighted by atomic mass is 79.9. The summed E-state index contributed by atoms with van der Waals surface area (Å²) in [6.07, 6.45) is -0.618. The minimum atomic E-state index is -3.01. The number of piperidine rings is 1. The van der Waals surface area contributed by atoms with E-state index in [9.17, 15) is 14.0 Å². The molecule has 5 nitrogen and oxygen atoms in total. The first-order valence-electron chi connectivity index (χ1n) is 7.73. The second-order valence-corrected chi connectivity index (χ2v) is 6.65. The number of nitrogens with one attached hydrogen (secondary N) is 1. The summed E-state index contributed by atoms with van der Waals surface area (Å²) in [5.41, 5.74) is 0.153. The van der Waals surface area contributed by atoms with E-state index in [-0.39, 0.29) is 23.8 Å². The van der Waals surface area contributed by atoms with Crippen molar-refractivity contribution in [3.63, 3.8) is 0 Å². The first kappa shape index (κ1) is 17.4. The maximum Gasteiger partial charge on any atom is 0.296 e. The summed E-state index contributed by atoms with van der Waals surface area (Å²) in [7, 11) is 0. The van der Waals surface area contributed by atoms with Crippen LogP contribution in [0.5, 0.6) is 11.5 Å². The third-order valence-electron chi connectivity index (χ3n) is 4.04. The molecule has 0 radical (unpaired) electrons. The van der Waals surface area contributed by atoms with Crippen LogP contribution in [0.25, 0.3) is 0 Å². The maximum atomic E-state index is 14.1. The van der Waals surface area contributed by atoms with Gasteiger partial charge < -0.3 is 19.5 Å². The monoisotopic (exact) mass is 402 g/mol. The lowest BCUT2D eigenvalue weighted by Gasteiger charge is -2.32. The zero-order valence-corrected chi connectivity index (χ0v) is 14.4. The average molecular weight is 403 g/mol. The van der Waals surface area contributed by atoms with E-state index in [1.54, 1.807) is 12.1 Å². The van der Waals surface area contributed by atoms with Crippen molar-refractivity contribution < 1.29 is 23.0 Å². The fourth-order valence-corrected chi connectivity index (χ4v) is 3.14. The highest BCUT2D eigenvalue weighted by Crippen LogP contribution is 2.40. The zero-order valence-electron chi connectivity index (χ0n) is 12.9. The fraction of sp³-hybridized carbons (Fsp3) is 0.562. The number of halogens is 3. The highest BCUT2D eigenvalue weighted by molar-refractivity contribution is 9.10. The molecule has 2 aliphatic heterocycles. The molecule has 1 N–H and O–H groups in total. The van der Waals surface area contributed by atoms with Gasteiger partial charge in [0.05, 0.1) is 19.8 Å². The summed E-state index contributed by atoms with van der Waals surface area (Å²) in [6, 6.07) is 5.28. The Morgan fingerprint density at radius 3 is 2.83 bits per heavy atom. The molecule has 2 aliphatic rings. The molecule has 2 unspecified atom stereocenters. The van der Waals surface area contributed by atoms with Gasteiger partial charge in [-0.05, 0) is 34.6 Å². The minimum absolute atomic E-state index is 0.0605. The van der Waals surface area contributed by atoms with E-state index in [2.05, 4.69) is 21.2 Å². The first-order chi connectivity index (χ1) is 11.5. The van der Waals surface area contributed by atoms with E-state index in [1.165, 1.54) is 0 Å². The smallest absolute Gasteiger partial charge is 0.296 e. The Labute approximate surface area is 147 Å². The van der Waals surface area contributed by atoms with Gasteiger partial charge in [-0.15, -0.1) is 0 Å². The van der Waals surface area contributed by atoms with Crippen molar-refractivity contribution in [2.24, 2.45) is 0 Å². The number of ether oxygens (including phenoxy) is 3. The topological polar surface area (TPSA) is 63.5 Å². The van der Waals surface area contributed by atoms with E-state index in [1.807, 2.05) is 6.07 Å². The Morgan fingerprint density at radius 1 is 1.33 bits per heavy atom. The van der Waals surface area contributed by atoms with Gasteiger partial charge in [-0.2, -0.15) is 5.26 Å². The van der Waals surface area contributed by atoms with Crippen LogP contribution < -0.4 is 14.8 Å². The van der Waals surface area contributed by atoms with Crippen molar-refractivity contribution in [1.82, 2.24) is 5.32 Å². The molecule has 2 heterocycles. The van der Waals surface area contributed by atoms with Crippen LogP contribution in [0, 0.1) is 11.3 Å². The van der Waals surface area contributed by atoms with Gasteiger partial charge in [0.25, 0.3) is 5.92 Å². The summed E-state index contributed by atoms with van der Waals surface area (Å²) >= 11 is 3.26. The second-order valence-electron chi connectivity index (χ2n) is 5.80. The van der Waals surface area contributed by atoms with Gasteiger partial charge in [-0.25, -0.2) is 8.78 Å². The largest absolute Gasteiger partial charge is 0.484 e. The Morgan fingerprint density at radius 2 is 2.17 bits per heavy atom. The van der Waals surface area contributed by atoms with Crippen LogP contribution in [-0.2, 0) is 4.74 Å². The molecule has 2 atom stereocenters. The third kappa shape index (κ3) is 3.63. The van der Waals surface area contributed by atoms with E-state index >= 15 is 0 Å². The molecule has 0 aliphatic carbocycles. The molecule has 0 bridgehead atoms. The lowest BCUT2D eigenvalue weighted by molar-refractivity contribution is -0.109. The number of hydrogen-bond donors (Lipinski definition) is 1. The molecule has 8 heteroatoms. The lowest BCUT2D eigenvalue weighted by atomic mass is 10.1. The summed E-state index contributed by atoms with van der Waals surface area (Å²) in [5, 5.41) is 12.1. The number of benzene rings is 1. The molecule has 3 rings (SSSR count). The number of alkyl halides is 2. The van der Waals surface area contributed by atoms with Crippen molar-refractivity contribution in [2.45, 2.75) is 31.0 Å². The SMILES string of the molecule is N#Cc1c(Br)ccc(OC2CCOC2)c1OC1CCNCC1(F)F. The van der Waals surface area contributed by atoms with Crippen molar-refractivity contribution in [3.05, 3.63) is 22.2 Å². The standard InChI is InChI=1S/C16H17BrF2N2O3/c17-12-1-2-13(23-10-4-6-22-8-10)15(11(12)7-20)24-14-3-5-21-9-16(14,18)19/h1-2,10,14,21H,3-6,8-9H2. The van der Waals surface area contributed by atoms with Crippen molar-refractivity contribution in [1.29, 1.82) is 5.26 Å². The summed E-state index contributed by atoms with van der Waals surface area (Å²) in [5.74, 6) is -2.66. The van der Waals surface area contributed by atoms with E-state index < -0.39 is 18.6 Å². The minimum Gasteiger partial charge on any atom is -0.484 e. The van der Waals surface area contributed by atoms with Crippen LogP contribution in [0.4, 0.5) is 8.78 Å². The summed E-state index contributed by atoms with van der Waals surface area (Å²) < 4.78 is 45.3. The van der Waals surface area contributed by atoms with Crippen LogP contribution in [0.3, 0.4) is 0 Å². The molecule has 0 amide bonds. The predicted octanol–water partition coefficient (Wildman–Crippen LogP) is 2.86. The third-order valence-corrected chi connectivity index (χ3v) is 4.70. The Balaban J connectivity index is 1.91. The summed E-state index contributed by atoms with van der Waals surface area (Å²) in [4.78, 5) is 0. The normalized spacial score (nSPS) is 25.9. The van der Waals surface area contributed by atoms with Crippen molar-refractivity contribution in [3.8, 4) is 17.6 Å². The summed E-state index contributed by atoms with van der Waals surface area (Å²) in [6.45, 7) is 1.01. The molecule has 0 spiro atoms. The number of hydrogen-bond acceptors (Lipinski definition) is 5. The number of nitrogens with zero attached hydrogens (tertiary/aromatic N) is 1. The predicted molar refractivity (Wildman–Crippen MR) is 85.6 cm³/mol. The van der Waals surface area contributed by atoms with E-state index in [0.29, 0.717) is 36.4 Å². The van der Waals surface area contributed by atoms with Crippen LogP contribution in [0.2, 0.25) is 0 Å². The second kappa shape index (κ2) is 7.21. The fourth-order valence-electron chi connectivity index (χ4n) is 2.74. The Hall–Kier alpha value is -1.43. The van der Waals surface area contributed by atoms with Gasteiger partial charge in [0, 0.05) is 17.3 Å². The van der Waals surface area contributed by atoms with Crippen LogP contribution in [0.1, 0.15) is 18.4 Å². The molecule has 2 fully saturated rings. The lowest BCUT2D eigenvalue weighted by Crippen LogP contribution is -2.52. The van der Waals surface area contributed by atoms with Gasteiger partial charge in [-0.1, -0.05) is 0 Å². The quantitative estimate of drug-likeness (QED) is 0.838. The molecule has 0 aromatic heterocycles. The molecule has 2 saturated heterocycles. The van der Waals surface area contributed by atoms with Crippen LogP contribution >= 0.6 is 15.9 Å². The highest BCUT2D eigenvalue weighted by Gasteiger charge is 2.44. The van der Waals surface area contributed by atoms with Gasteiger partial charge >= 0.3 is 0 Å². The van der Waals surface area contributed by atoms with Crippen molar-refractivity contribution >= 4 is 15.9 Å². The molecule has 0 saturated carbocycles. The molecule has 130 valence electrons. The number of rotatable bonds is 4. The average Bonchev–Trinajstić information content (AvgIpc) is 3.05. The molecule has 24 heavy (non-hydrogen) atoms. The Bertz CT molecular complexity index is 645. The van der Waals surface area contributed by atoms with Crippen LogP contribution in [0.15, 0.2) is 16.6 Å². The number of nitriles is 1. The zero-order chi connectivity index (χ0) is 17.2. The first-order valence-corrected chi connectivity index (χ1v) is 8.53. The van der Waals surface area contributed by atoms with Gasteiger partial charge in [0.2, 0.25) is 0 Å². The molecule has 1 aromatic carbocycles. The molecule has 1 aromatic rings. The molecular formula is C16H17BrF2N2O3. The van der Waals surface area contributed by atoms with Crippen molar-refractivity contribution in [2.75, 3.05) is 26.3 Å². The van der Waals surface area contributed by atoms with E-state index in [4.69, 9.17) is 14.2 Å². The maximum absolute atomic E-state index is 14.1. The van der Waals surface area contributed by atoms with Gasteiger partial charge in [0.15, 0.2) is 17.6 Å². The Kier molecular flexibility index (Phi) is 5.23.